The highest BCUT2D eigenvalue weighted by atomic mass is 16.4. The van der Waals surface area contributed by atoms with Crippen molar-refractivity contribution in [2.45, 2.75) is 63.7 Å². The predicted octanol–water partition coefficient (Wildman–Crippen LogP) is 5.64. The first kappa shape index (κ1) is 16.3. The molecule has 0 saturated heterocycles. The molecule has 0 bridgehead atoms. The van der Waals surface area contributed by atoms with Gasteiger partial charge in [0.2, 0.25) is 0 Å². The Hall–Kier alpha value is -1.57. The van der Waals surface area contributed by atoms with E-state index in [9.17, 15) is 4.79 Å². The van der Waals surface area contributed by atoms with Gasteiger partial charge in [0.05, 0.1) is 0 Å². The highest BCUT2D eigenvalue weighted by Crippen LogP contribution is 2.42. The Kier molecular flexibility index (Phi) is 5.53. The highest BCUT2D eigenvalue weighted by molar-refractivity contribution is 5.85. The quantitative estimate of drug-likeness (QED) is 0.731. The molecule has 2 saturated carbocycles. The molecule has 1 aromatic rings. The smallest absolute Gasteiger partial charge is 0.328 e. The fourth-order valence-corrected chi connectivity index (χ4v) is 4.58. The Balaban J connectivity index is 1.54. The van der Waals surface area contributed by atoms with Crippen molar-refractivity contribution < 1.29 is 9.90 Å². The van der Waals surface area contributed by atoms with E-state index < -0.39 is 5.97 Å². The number of benzene rings is 1. The summed E-state index contributed by atoms with van der Waals surface area (Å²) in [6.45, 7) is 0. The topological polar surface area (TPSA) is 37.3 Å². The molecule has 0 aromatic heterocycles. The summed E-state index contributed by atoms with van der Waals surface area (Å²) in [6.07, 6.45) is 15.6. The van der Waals surface area contributed by atoms with E-state index in [0.717, 1.165) is 17.4 Å². The first-order chi connectivity index (χ1) is 11.2. The maximum atomic E-state index is 10.6. The van der Waals surface area contributed by atoms with E-state index in [2.05, 4.69) is 12.1 Å². The van der Waals surface area contributed by atoms with E-state index in [1.54, 1.807) is 6.08 Å². The molecule has 0 amide bonds. The van der Waals surface area contributed by atoms with Crippen LogP contribution in [-0.4, -0.2) is 11.1 Å². The molecule has 0 radical (unpaired) electrons. The molecule has 1 aromatic carbocycles. The van der Waals surface area contributed by atoms with Crippen LogP contribution >= 0.6 is 0 Å². The fourth-order valence-electron chi connectivity index (χ4n) is 4.58. The molecule has 2 fully saturated rings. The lowest BCUT2D eigenvalue weighted by atomic mass is 9.70. The molecule has 0 aliphatic heterocycles. The normalized spacial score (nSPS) is 26.4. The van der Waals surface area contributed by atoms with Crippen LogP contribution in [0.1, 0.15) is 74.8 Å². The summed E-state index contributed by atoms with van der Waals surface area (Å²) < 4.78 is 0. The molecule has 2 heteroatoms. The second-order valence-corrected chi connectivity index (χ2v) is 7.35. The van der Waals surface area contributed by atoms with Gasteiger partial charge in [0.25, 0.3) is 0 Å². The van der Waals surface area contributed by atoms with Gasteiger partial charge in [-0.15, -0.1) is 0 Å². The van der Waals surface area contributed by atoms with Gasteiger partial charge >= 0.3 is 5.97 Å². The monoisotopic (exact) mass is 312 g/mol. The zero-order chi connectivity index (χ0) is 16.1. The first-order valence-corrected chi connectivity index (χ1v) is 9.23. The molecule has 1 N–H and O–H groups in total. The van der Waals surface area contributed by atoms with Crippen LogP contribution in [0.15, 0.2) is 30.3 Å². The standard InChI is InChI=1S/C21H28O2/c22-21(23)15-8-16-6-9-18(10-7-16)20-13-11-19(12-14-20)17-4-2-1-3-5-17/h6-10,15,17,19-20H,1-5,11-14H2,(H,22,23)/b15-8+. The van der Waals surface area contributed by atoms with Crippen LogP contribution in [-0.2, 0) is 4.79 Å². The number of hydrogen-bond acceptors (Lipinski definition) is 1. The third-order valence-corrected chi connectivity index (χ3v) is 5.91. The minimum atomic E-state index is -0.893. The van der Waals surface area contributed by atoms with Gasteiger partial charge in [-0.05, 0) is 60.6 Å². The van der Waals surface area contributed by atoms with Gasteiger partial charge in [0.15, 0.2) is 0 Å². The summed E-state index contributed by atoms with van der Waals surface area (Å²) in [7, 11) is 0. The molecule has 2 aliphatic rings. The largest absolute Gasteiger partial charge is 0.478 e. The van der Waals surface area contributed by atoms with Gasteiger partial charge in [-0.3, -0.25) is 0 Å². The molecule has 2 aliphatic carbocycles. The number of carboxylic acids is 1. The lowest BCUT2D eigenvalue weighted by Crippen LogP contribution is -2.23. The second-order valence-electron chi connectivity index (χ2n) is 7.35. The van der Waals surface area contributed by atoms with Crippen LogP contribution in [0.3, 0.4) is 0 Å². The molecule has 3 rings (SSSR count). The van der Waals surface area contributed by atoms with Crippen molar-refractivity contribution in [3.63, 3.8) is 0 Å². The van der Waals surface area contributed by atoms with Crippen LogP contribution in [0.25, 0.3) is 6.08 Å². The van der Waals surface area contributed by atoms with Crippen LogP contribution in [0, 0.1) is 11.8 Å². The van der Waals surface area contributed by atoms with Gasteiger partial charge in [0, 0.05) is 6.08 Å². The summed E-state index contributed by atoms with van der Waals surface area (Å²) in [6, 6.07) is 8.46. The summed E-state index contributed by atoms with van der Waals surface area (Å²) in [4.78, 5) is 10.6. The van der Waals surface area contributed by atoms with E-state index in [4.69, 9.17) is 5.11 Å². The Morgan fingerprint density at radius 3 is 2.09 bits per heavy atom. The molecule has 0 heterocycles. The van der Waals surface area contributed by atoms with E-state index >= 15 is 0 Å². The van der Waals surface area contributed by atoms with Crippen molar-refractivity contribution in [2.75, 3.05) is 0 Å². The predicted molar refractivity (Wildman–Crippen MR) is 94.4 cm³/mol. The highest BCUT2D eigenvalue weighted by Gasteiger charge is 2.28. The Labute approximate surface area is 139 Å². The van der Waals surface area contributed by atoms with Crippen molar-refractivity contribution >= 4 is 12.0 Å². The zero-order valence-electron chi connectivity index (χ0n) is 13.9. The molecule has 2 nitrogen and oxygen atoms in total. The molecule has 0 unspecified atom stereocenters. The summed E-state index contributed by atoms with van der Waals surface area (Å²) in [5.41, 5.74) is 2.40. The van der Waals surface area contributed by atoms with Crippen molar-refractivity contribution in [1.29, 1.82) is 0 Å². The number of carboxylic acid groups (broad SMARTS) is 1. The van der Waals surface area contributed by atoms with Crippen molar-refractivity contribution in [3.05, 3.63) is 41.5 Å². The summed E-state index contributed by atoms with van der Waals surface area (Å²) in [5.74, 6) is 1.79. The SMILES string of the molecule is O=C(O)/C=C/c1ccc(C2CCC(C3CCCCC3)CC2)cc1. The van der Waals surface area contributed by atoms with Gasteiger partial charge in [-0.1, -0.05) is 56.4 Å². The maximum Gasteiger partial charge on any atom is 0.328 e. The Bertz CT molecular complexity index is 529. The maximum absolute atomic E-state index is 10.6. The Morgan fingerprint density at radius 2 is 1.48 bits per heavy atom. The third kappa shape index (κ3) is 4.46. The molecule has 0 spiro atoms. The van der Waals surface area contributed by atoms with Crippen LogP contribution < -0.4 is 0 Å². The van der Waals surface area contributed by atoms with Crippen LogP contribution in [0.2, 0.25) is 0 Å². The van der Waals surface area contributed by atoms with E-state index in [-0.39, 0.29) is 0 Å². The van der Waals surface area contributed by atoms with Crippen molar-refractivity contribution in [3.8, 4) is 0 Å². The fraction of sp³-hybridized carbons (Fsp3) is 0.571. The minimum absolute atomic E-state index is 0.701. The van der Waals surface area contributed by atoms with E-state index in [1.807, 2.05) is 12.1 Å². The Morgan fingerprint density at radius 1 is 0.870 bits per heavy atom. The lowest BCUT2D eigenvalue weighted by molar-refractivity contribution is -0.131. The van der Waals surface area contributed by atoms with E-state index in [1.165, 1.54) is 69.4 Å². The van der Waals surface area contributed by atoms with Gasteiger partial charge in [0.1, 0.15) is 0 Å². The minimum Gasteiger partial charge on any atom is -0.478 e. The number of rotatable bonds is 4. The average molecular weight is 312 g/mol. The number of aliphatic carboxylic acids is 1. The molecular weight excluding hydrogens is 284 g/mol. The zero-order valence-corrected chi connectivity index (χ0v) is 13.9. The van der Waals surface area contributed by atoms with Gasteiger partial charge in [-0.2, -0.15) is 0 Å². The van der Waals surface area contributed by atoms with Crippen molar-refractivity contribution in [2.24, 2.45) is 11.8 Å². The number of carbonyl (C=O) groups is 1. The van der Waals surface area contributed by atoms with Crippen LogP contribution in [0.4, 0.5) is 0 Å². The molecule has 124 valence electrons. The third-order valence-electron chi connectivity index (χ3n) is 5.91. The second kappa shape index (κ2) is 7.81. The summed E-state index contributed by atoms with van der Waals surface area (Å²) in [5, 5.41) is 8.68. The average Bonchev–Trinajstić information content (AvgIpc) is 2.61. The van der Waals surface area contributed by atoms with Gasteiger partial charge < -0.3 is 5.11 Å². The van der Waals surface area contributed by atoms with Gasteiger partial charge in [-0.25, -0.2) is 4.79 Å². The van der Waals surface area contributed by atoms with E-state index in [0.29, 0.717) is 5.92 Å². The van der Waals surface area contributed by atoms with Crippen molar-refractivity contribution in [1.82, 2.24) is 0 Å². The lowest BCUT2D eigenvalue weighted by Gasteiger charge is -2.36. The molecule has 0 atom stereocenters. The first-order valence-electron chi connectivity index (χ1n) is 9.23. The van der Waals surface area contributed by atoms with Crippen LogP contribution in [0.5, 0.6) is 0 Å². The summed E-state index contributed by atoms with van der Waals surface area (Å²) >= 11 is 0. The molecule has 23 heavy (non-hydrogen) atoms. The molecular formula is C21H28O2. The number of hydrogen-bond donors (Lipinski definition) is 1.